The molecule has 26 heavy (non-hydrogen) atoms. The largest absolute Gasteiger partial charge is 0.507 e. The van der Waals surface area contributed by atoms with E-state index < -0.39 is 0 Å². The number of phenolic OH excluding ortho intramolecular Hbond substituents is 1. The van der Waals surface area contributed by atoms with Crippen molar-refractivity contribution in [2.45, 2.75) is 78.7 Å². The first kappa shape index (κ1) is 18.8. The summed E-state index contributed by atoms with van der Waals surface area (Å²) in [4.78, 5) is 0. The Hall–Kier alpha value is -1.96. The molecule has 140 valence electrons. The highest BCUT2D eigenvalue weighted by Gasteiger charge is 2.44. The molecule has 3 rings (SSSR count). The number of hydrogen-bond acceptors (Lipinski definition) is 2. The molecule has 2 heteroatoms. The predicted molar refractivity (Wildman–Crippen MR) is 109 cm³/mol. The Bertz CT molecular complexity index is 823. The molecule has 1 atom stereocenters. The average molecular weight is 353 g/mol. The Balaban J connectivity index is 2.31. The van der Waals surface area contributed by atoms with Gasteiger partial charge in [0.25, 0.3) is 0 Å². The number of hydrogen-bond donors (Lipinski definition) is 1. The van der Waals surface area contributed by atoms with E-state index in [0.29, 0.717) is 5.75 Å². The molecule has 1 unspecified atom stereocenters. The van der Waals surface area contributed by atoms with Crippen LogP contribution in [0.4, 0.5) is 0 Å². The van der Waals surface area contributed by atoms with Crippen LogP contribution in [0.2, 0.25) is 0 Å². The van der Waals surface area contributed by atoms with Gasteiger partial charge in [-0.15, -0.1) is 0 Å². The molecule has 0 spiro atoms. The first-order chi connectivity index (χ1) is 12.1. The third kappa shape index (κ3) is 3.00. The van der Waals surface area contributed by atoms with Gasteiger partial charge in [0.15, 0.2) is 0 Å². The van der Waals surface area contributed by atoms with E-state index in [1.165, 1.54) is 22.3 Å². The summed E-state index contributed by atoms with van der Waals surface area (Å²) in [5, 5.41) is 10.6. The molecule has 0 radical (unpaired) electrons. The number of ether oxygens (including phenoxy) is 1. The van der Waals surface area contributed by atoms with E-state index in [1.807, 2.05) is 0 Å². The first-order valence-corrected chi connectivity index (χ1v) is 9.77. The van der Waals surface area contributed by atoms with Crippen molar-refractivity contribution >= 4 is 0 Å². The zero-order valence-electron chi connectivity index (χ0n) is 17.3. The van der Waals surface area contributed by atoms with E-state index in [0.717, 1.165) is 36.1 Å². The lowest BCUT2D eigenvalue weighted by atomic mass is 9.66. The van der Waals surface area contributed by atoms with Crippen LogP contribution in [0.25, 0.3) is 0 Å². The number of aromatic hydroxyl groups is 1. The minimum absolute atomic E-state index is 0.143. The van der Waals surface area contributed by atoms with Crippen LogP contribution >= 0.6 is 0 Å². The van der Waals surface area contributed by atoms with Crippen molar-refractivity contribution in [3.63, 3.8) is 0 Å². The maximum Gasteiger partial charge on any atom is 0.127 e. The lowest BCUT2D eigenvalue weighted by Gasteiger charge is -2.45. The summed E-state index contributed by atoms with van der Waals surface area (Å²) in [6, 6.07) is 8.89. The summed E-state index contributed by atoms with van der Waals surface area (Å²) in [6.07, 6.45) is 2.58. The van der Waals surface area contributed by atoms with E-state index in [9.17, 15) is 5.11 Å². The Labute approximate surface area is 158 Å². The first-order valence-electron chi connectivity index (χ1n) is 9.77. The van der Waals surface area contributed by atoms with Gasteiger partial charge >= 0.3 is 0 Å². The zero-order valence-corrected chi connectivity index (χ0v) is 17.3. The lowest BCUT2D eigenvalue weighted by Crippen LogP contribution is -2.44. The zero-order chi connectivity index (χ0) is 19.3. The minimum Gasteiger partial charge on any atom is -0.507 e. The summed E-state index contributed by atoms with van der Waals surface area (Å²) in [7, 11) is 0. The molecule has 2 aromatic carbocycles. The van der Waals surface area contributed by atoms with Crippen LogP contribution in [0.15, 0.2) is 24.3 Å². The maximum atomic E-state index is 10.6. The average Bonchev–Trinajstić information content (AvgIpc) is 2.55. The minimum atomic E-state index is -0.238. The smallest absolute Gasteiger partial charge is 0.127 e. The fourth-order valence-corrected chi connectivity index (χ4v) is 4.63. The van der Waals surface area contributed by atoms with Crippen molar-refractivity contribution in [2.75, 3.05) is 0 Å². The van der Waals surface area contributed by atoms with Crippen molar-refractivity contribution in [1.82, 2.24) is 0 Å². The molecule has 0 saturated heterocycles. The third-order valence-electron chi connectivity index (χ3n) is 5.84. The molecule has 0 amide bonds. The Morgan fingerprint density at radius 2 is 1.54 bits per heavy atom. The van der Waals surface area contributed by atoms with Gasteiger partial charge in [0.2, 0.25) is 0 Å². The molecule has 2 aromatic rings. The molecular weight excluding hydrogens is 320 g/mol. The molecule has 0 aliphatic carbocycles. The normalized spacial score (nSPS) is 21.2. The second kappa shape index (κ2) is 6.33. The fraction of sp³-hybridized carbons (Fsp3) is 0.500. The van der Waals surface area contributed by atoms with Crippen LogP contribution in [-0.4, -0.2) is 10.7 Å². The summed E-state index contributed by atoms with van der Waals surface area (Å²) in [6.45, 7) is 15.2. The van der Waals surface area contributed by atoms with Crippen LogP contribution in [0, 0.1) is 13.8 Å². The van der Waals surface area contributed by atoms with Crippen molar-refractivity contribution in [2.24, 2.45) is 0 Å². The molecule has 0 bridgehead atoms. The summed E-state index contributed by atoms with van der Waals surface area (Å²) < 4.78 is 6.41. The fourth-order valence-electron chi connectivity index (χ4n) is 4.63. The second-order valence-corrected chi connectivity index (χ2v) is 8.68. The van der Waals surface area contributed by atoms with Crippen LogP contribution in [0.5, 0.6) is 11.5 Å². The Morgan fingerprint density at radius 3 is 2.08 bits per heavy atom. The number of rotatable bonds is 3. The van der Waals surface area contributed by atoms with Gasteiger partial charge in [-0.25, -0.2) is 0 Å². The van der Waals surface area contributed by atoms with Gasteiger partial charge in [0.05, 0.1) is 0 Å². The molecule has 2 nitrogen and oxygen atoms in total. The maximum absolute atomic E-state index is 10.6. The molecule has 0 saturated carbocycles. The highest BCUT2D eigenvalue weighted by atomic mass is 16.5. The Kier molecular flexibility index (Phi) is 4.58. The van der Waals surface area contributed by atoms with Gasteiger partial charge in [-0.3, -0.25) is 0 Å². The van der Waals surface area contributed by atoms with E-state index in [4.69, 9.17) is 4.74 Å². The highest BCUT2D eigenvalue weighted by Crippen LogP contribution is 2.51. The van der Waals surface area contributed by atoms with Crippen LogP contribution in [0.1, 0.15) is 74.4 Å². The predicted octanol–water partition coefficient (Wildman–Crippen LogP) is 6.00. The lowest BCUT2D eigenvalue weighted by molar-refractivity contribution is 0.0573. The molecule has 1 N–H and O–H groups in total. The quantitative estimate of drug-likeness (QED) is 0.734. The SMILES string of the molecule is CCc1cc(C2(C)CC(C)(C)Oc3c(C)cc(C)cc32)cc(CC)c1O. The number of benzene rings is 2. The van der Waals surface area contributed by atoms with E-state index >= 15 is 0 Å². The molecule has 1 heterocycles. The monoisotopic (exact) mass is 352 g/mol. The molecule has 0 fully saturated rings. The van der Waals surface area contributed by atoms with Gasteiger partial charge in [-0.1, -0.05) is 50.6 Å². The number of aryl methyl sites for hydroxylation is 4. The van der Waals surface area contributed by atoms with Crippen LogP contribution in [-0.2, 0) is 18.3 Å². The summed E-state index contributed by atoms with van der Waals surface area (Å²) >= 11 is 0. The highest BCUT2D eigenvalue weighted by molar-refractivity contribution is 5.56. The molecule has 1 aliphatic heterocycles. The van der Waals surface area contributed by atoms with Crippen molar-refractivity contribution in [3.05, 3.63) is 57.6 Å². The van der Waals surface area contributed by atoms with Gasteiger partial charge in [0.1, 0.15) is 17.1 Å². The topological polar surface area (TPSA) is 29.5 Å². The summed E-state index contributed by atoms with van der Waals surface area (Å²) in [5.41, 5.74) is 6.71. The Morgan fingerprint density at radius 1 is 0.962 bits per heavy atom. The van der Waals surface area contributed by atoms with Crippen molar-refractivity contribution < 1.29 is 9.84 Å². The van der Waals surface area contributed by atoms with Gasteiger partial charge in [0, 0.05) is 17.4 Å². The third-order valence-corrected chi connectivity index (χ3v) is 5.84. The van der Waals surface area contributed by atoms with Crippen LogP contribution in [0.3, 0.4) is 0 Å². The van der Waals surface area contributed by atoms with Gasteiger partial charge in [-0.05, 0) is 62.8 Å². The summed E-state index contributed by atoms with van der Waals surface area (Å²) in [5.74, 6) is 1.49. The standard InChI is InChI=1S/C24H32O2/c1-8-17-12-19(13-18(9-2)21(17)25)24(7)14-23(5,6)26-22-16(4)10-15(3)11-20(22)24/h10-13,25H,8-9,14H2,1-7H3. The molecule has 0 aromatic heterocycles. The molecule has 1 aliphatic rings. The van der Waals surface area contributed by atoms with Gasteiger partial charge in [-0.2, -0.15) is 0 Å². The molecular formula is C24H32O2. The van der Waals surface area contributed by atoms with Gasteiger partial charge < -0.3 is 9.84 Å². The van der Waals surface area contributed by atoms with Crippen molar-refractivity contribution in [1.29, 1.82) is 0 Å². The second-order valence-electron chi connectivity index (χ2n) is 8.68. The van der Waals surface area contributed by atoms with Crippen molar-refractivity contribution in [3.8, 4) is 11.5 Å². The van der Waals surface area contributed by atoms with E-state index in [-0.39, 0.29) is 11.0 Å². The van der Waals surface area contributed by atoms with E-state index in [2.05, 4.69) is 72.7 Å². The van der Waals surface area contributed by atoms with E-state index in [1.54, 1.807) is 0 Å². The number of phenols is 1. The van der Waals surface area contributed by atoms with Crippen LogP contribution < -0.4 is 4.74 Å². The number of fused-ring (bicyclic) bond motifs is 1.